The second-order valence-electron chi connectivity index (χ2n) is 4.31. The van der Waals surface area contributed by atoms with Crippen molar-refractivity contribution >= 4 is 21.6 Å². The highest BCUT2D eigenvalue weighted by molar-refractivity contribution is 9.10. The van der Waals surface area contributed by atoms with Crippen molar-refractivity contribution in [3.63, 3.8) is 0 Å². The molecule has 0 spiro atoms. The molecule has 2 rings (SSSR count). The third-order valence-corrected chi connectivity index (χ3v) is 3.53. The first-order chi connectivity index (χ1) is 8.49. The molecule has 0 unspecified atom stereocenters. The molecule has 2 aromatic heterocycles. The van der Waals surface area contributed by atoms with E-state index in [1.54, 1.807) is 12.4 Å². The van der Waals surface area contributed by atoms with Crippen molar-refractivity contribution in [2.45, 2.75) is 26.8 Å². The second-order valence-corrected chi connectivity index (χ2v) is 5.10. The van der Waals surface area contributed by atoms with Gasteiger partial charge in [0.2, 0.25) is 5.88 Å². The molecule has 0 saturated carbocycles. The molecule has 0 aliphatic carbocycles. The zero-order valence-corrected chi connectivity index (χ0v) is 12.1. The quantitative estimate of drug-likeness (QED) is 0.944. The van der Waals surface area contributed by atoms with Crippen molar-refractivity contribution in [3.8, 4) is 11.6 Å². The van der Waals surface area contributed by atoms with Gasteiger partial charge in [-0.1, -0.05) is 0 Å². The molecule has 2 aromatic rings. The van der Waals surface area contributed by atoms with Crippen LogP contribution in [0, 0.1) is 6.92 Å². The van der Waals surface area contributed by atoms with E-state index in [4.69, 9.17) is 10.5 Å². The molecule has 0 aliphatic heterocycles. The summed E-state index contributed by atoms with van der Waals surface area (Å²) >= 11 is 3.43. The fourth-order valence-electron chi connectivity index (χ4n) is 1.41. The van der Waals surface area contributed by atoms with Crippen LogP contribution in [0.15, 0.2) is 23.1 Å². The molecule has 0 aliphatic rings. The zero-order chi connectivity index (χ0) is 13.3. The van der Waals surface area contributed by atoms with Crippen LogP contribution in [0.5, 0.6) is 11.6 Å². The highest BCUT2D eigenvalue weighted by Crippen LogP contribution is 2.32. The lowest BCUT2D eigenvalue weighted by molar-refractivity contribution is 0.455. The Labute approximate surface area is 114 Å². The van der Waals surface area contributed by atoms with E-state index in [1.807, 2.05) is 17.8 Å². The largest absolute Gasteiger partial charge is 0.435 e. The number of halogens is 1. The molecule has 0 aromatic carbocycles. The Morgan fingerprint density at radius 1 is 1.39 bits per heavy atom. The average molecular weight is 311 g/mol. The number of anilines is 1. The number of hydrogen-bond donors (Lipinski definition) is 1. The van der Waals surface area contributed by atoms with E-state index in [9.17, 15) is 0 Å². The molecule has 0 fully saturated rings. The first kappa shape index (κ1) is 12.9. The lowest BCUT2D eigenvalue weighted by atomic mass is 10.2. The van der Waals surface area contributed by atoms with Gasteiger partial charge in [-0.25, -0.2) is 4.98 Å². The van der Waals surface area contributed by atoms with Gasteiger partial charge in [-0.2, -0.15) is 5.10 Å². The second kappa shape index (κ2) is 4.97. The molecule has 2 N–H and O–H groups in total. The van der Waals surface area contributed by atoms with E-state index >= 15 is 0 Å². The topological polar surface area (TPSA) is 66.0 Å². The third kappa shape index (κ3) is 2.48. The predicted octanol–water partition coefficient (Wildman–Crippen LogP) is 3.30. The monoisotopic (exact) mass is 310 g/mol. The van der Waals surface area contributed by atoms with E-state index in [0.717, 1.165) is 10.0 Å². The molecule has 0 saturated heterocycles. The summed E-state index contributed by atoms with van der Waals surface area (Å²) in [6.07, 6.45) is 5.09. The summed E-state index contributed by atoms with van der Waals surface area (Å²) in [6.45, 7) is 6.02. The highest BCUT2D eigenvalue weighted by Gasteiger charge is 2.11. The van der Waals surface area contributed by atoms with Gasteiger partial charge in [-0.15, -0.1) is 0 Å². The Balaban J connectivity index is 2.26. The van der Waals surface area contributed by atoms with E-state index in [1.165, 1.54) is 0 Å². The maximum atomic E-state index is 5.76. The van der Waals surface area contributed by atoms with Crippen molar-refractivity contribution < 1.29 is 4.74 Å². The average Bonchev–Trinajstić information content (AvgIpc) is 2.79. The van der Waals surface area contributed by atoms with Gasteiger partial charge in [0.25, 0.3) is 0 Å². The summed E-state index contributed by atoms with van der Waals surface area (Å²) in [5.41, 5.74) is 7.31. The van der Waals surface area contributed by atoms with Crippen LogP contribution in [-0.4, -0.2) is 14.8 Å². The number of nitrogens with two attached hydrogens (primary N) is 1. The van der Waals surface area contributed by atoms with Crippen molar-refractivity contribution in [1.82, 2.24) is 14.8 Å². The number of ether oxygens (including phenoxy) is 1. The van der Waals surface area contributed by atoms with Crippen molar-refractivity contribution in [3.05, 3.63) is 28.6 Å². The standard InChI is InChI=1S/C12H15BrN4O/c1-7(2)17-6-9(4-16-17)18-12-11(13)8(3)10(14)5-15-12/h4-7H,14H2,1-3H3. The van der Waals surface area contributed by atoms with Crippen LogP contribution in [0.3, 0.4) is 0 Å². The van der Waals surface area contributed by atoms with Crippen LogP contribution in [0.4, 0.5) is 5.69 Å². The van der Waals surface area contributed by atoms with Crippen LogP contribution < -0.4 is 10.5 Å². The van der Waals surface area contributed by atoms with Crippen LogP contribution >= 0.6 is 15.9 Å². The number of pyridine rings is 1. The molecule has 6 heteroatoms. The van der Waals surface area contributed by atoms with Crippen LogP contribution in [0.1, 0.15) is 25.5 Å². The van der Waals surface area contributed by atoms with Gasteiger partial charge in [0, 0.05) is 6.04 Å². The lowest BCUT2D eigenvalue weighted by Crippen LogP contribution is -2.00. The van der Waals surface area contributed by atoms with Gasteiger partial charge in [0.05, 0.1) is 28.8 Å². The van der Waals surface area contributed by atoms with Gasteiger partial charge in [-0.05, 0) is 42.3 Å². The molecule has 0 atom stereocenters. The Hall–Kier alpha value is -1.56. The summed E-state index contributed by atoms with van der Waals surface area (Å²) in [4.78, 5) is 4.16. The SMILES string of the molecule is Cc1c(N)cnc(Oc2cnn(C(C)C)c2)c1Br. The first-order valence-corrected chi connectivity index (χ1v) is 6.41. The summed E-state index contributed by atoms with van der Waals surface area (Å²) in [5.74, 6) is 1.14. The van der Waals surface area contributed by atoms with Crippen molar-refractivity contribution in [1.29, 1.82) is 0 Å². The Bertz CT molecular complexity index is 565. The molecular formula is C12H15BrN4O. The van der Waals surface area contributed by atoms with E-state index in [2.05, 4.69) is 39.9 Å². The Morgan fingerprint density at radius 3 is 2.72 bits per heavy atom. The minimum absolute atomic E-state index is 0.298. The zero-order valence-electron chi connectivity index (χ0n) is 10.5. The van der Waals surface area contributed by atoms with E-state index in [-0.39, 0.29) is 0 Å². The third-order valence-electron chi connectivity index (χ3n) is 2.59. The van der Waals surface area contributed by atoms with E-state index in [0.29, 0.717) is 23.4 Å². The van der Waals surface area contributed by atoms with Crippen molar-refractivity contribution in [2.24, 2.45) is 0 Å². The van der Waals surface area contributed by atoms with Gasteiger partial charge < -0.3 is 10.5 Å². The van der Waals surface area contributed by atoms with Crippen LogP contribution in [0.2, 0.25) is 0 Å². The number of nitrogens with zero attached hydrogens (tertiary/aromatic N) is 3. The summed E-state index contributed by atoms with van der Waals surface area (Å²) in [5, 5.41) is 4.21. The molecular weight excluding hydrogens is 296 g/mol. The van der Waals surface area contributed by atoms with Crippen molar-refractivity contribution in [2.75, 3.05) is 5.73 Å². The van der Waals surface area contributed by atoms with Gasteiger partial charge in [-0.3, -0.25) is 4.68 Å². The fourth-order valence-corrected chi connectivity index (χ4v) is 1.82. The van der Waals surface area contributed by atoms with E-state index < -0.39 is 0 Å². The number of rotatable bonds is 3. The molecule has 0 radical (unpaired) electrons. The molecule has 0 amide bonds. The summed E-state index contributed by atoms with van der Waals surface area (Å²) < 4.78 is 8.27. The molecule has 96 valence electrons. The van der Waals surface area contributed by atoms with Crippen LogP contribution in [-0.2, 0) is 0 Å². The summed E-state index contributed by atoms with van der Waals surface area (Å²) in [7, 11) is 0. The van der Waals surface area contributed by atoms with Gasteiger partial charge in [0.15, 0.2) is 5.75 Å². The maximum Gasteiger partial charge on any atom is 0.234 e. The summed E-state index contributed by atoms with van der Waals surface area (Å²) in [6, 6.07) is 0.298. The number of hydrogen-bond acceptors (Lipinski definition) is 4. The molecule has 0 bridgehead atoms. The van der Waals surface area contributed by atoms with Gasteiger partial charge >= 0.3 is 0 Å². The highest BCUT2D eigenvalue weighted by atomic mass is 79.9. The lowest BCUT2D eigenvalue weighted by Gasteiger charge is -2.08. The molecule has 18 heavy (non-hydrogen) atoms. The fraction of sp³-hybridized carbons (Fsp3) is 0.333. The minimum Gasteiger partial charge on any atom is -0.435 e. The number of aromatic nitrogens is 3. The molecule has 5 nitrogen and oxygen atoms in total. The number of nitrogen functional groups attached to an aromatic ring is 1. The van der Waals surface area contributed by atoms with Crippen LogP contribution in [0.25, 0.3) is 0 Å². The first-order valence-electron chi connectivity index (χ1n) is 5.61. The Kier molecular flexibility index (Phi) is 3.56. The predicted molar refractivity (Wildman–Crippen MR) is 73.8 cm³/mol. The molecule has 2 heterocycles. The Morgan fingerprint density at radius 2 is 2.11 bits per heavy atom. The van der Waals surface area contributed by atoms with Gasteiger partial charge in [0.1, 0.15) is 0 Å². The normalized spacial score (nSPS) is 10.9. The maximum absolute atomic E-state index is 5.76. The minimum atomic E-state index is 0.298. The smallest absolute Gasteiger partial charge is 0.234 e.